The Kier molecular flexibility index (Phi) is 4.21. The average Bonchev–Trinajstić information content (AvgIpc) is 2.91. The van der Waals surface area contributed by atoms with Gasteiger partial charge in [0, 0.05) is 20.3 Å². The van der Waals surface area contributed by atoms with Crippen LogP contribution in [0.2, 0.25) is 0 Å². The lowest BCUT2D eigenvalue weighted by atomic mass is 10.1. The third-order valence-corrected chi connectivity index (χ3v) is 4.11. The minimum atomic E-state index is 0.245. The predicted octanol–water partition coefficient (Wildman–Crippen LogP) is 4.19. The van der Waals surface area contributed by atoms with Crippen molar-refractivity contribution in [1.82, 2.24) is 5.32 Å². The quantitative estimate of drug-likeness (QED) is 0.895. The fourth-order valence-corrected chi connectivity index (χ4v) is 3.14. The maximum Gasteiger partial charge on any atom is 0.0954 e. The highest BCUT2D eigenvalue weighted by Crippen LogP contribution is 2.30. The molecule has 1 N–H and O–H groups in total. The lowest BCUT2D eigenvalue weighted by Gasteiger charge is -2.15. The highest BCUT2D eigenvalue weighted by Gasteiger charge is 2.16. The number of furan rings is 1. The van der Waals surface area contributed by atoms with Gasteiger partial charge in [0.1, 0.15) is 0 Å². The molecule has 2 aromatic rings. The molecule has 0 aliphatic rings. The summed E-state index contributed by atoms with van der Waals surface area (Å²) in [6.07, 6.45) is 4.65. The van der Waals surface area contributed by atoms with E-state index < -0.39 is 0 Å². The molecule has 1 atom stereocenters. The molecule has 2 nitrogen and oxygen atoms in total. The smallest absolute Gasteiger partial charge is 0.0954 e. The Morgan fingerprint density at radius 2 is 2.44 bits per heavy atom. The molecule has 0 saturated carbocycles. The van der Waals surface area contributed by atoms with Gasteiger partial charge in [-0.15, -0.1) is 11.3 Å². The molecule has 0 radical (unpaired) electrons. The fourth-order valence-electron chi connectivity index (χ4n) is 1.59. The number of nitrogens with one attached hydrogen (secondary N) is 1. The van der Waals surface area contributed by atoms with Gasteiger partial charge in [-0.2, -0.15) is 0 Å². The van der Waals surface area contributed by atoms with Crippen molar-refractivity contribution in [3.8, 4) is 0 Å². The van der Waals surface area contributed by atoms with E-state index in [1.165, 1.54) is 10.4 Å². The van der Waals surface area contributed by atoms with Crippen LogP contribution >= 0.6 is 27.3 Å². The standard InChI is InChI=1S/C12H14BrNOS/c1-2-4-14-12(9-3-5-15-7-9)11-6-10(13)8-16-11/h3,5-8,12,14H,2,4H2,1H3. The van der Waals surface area contributed by atoms with Gasteiger partial charge in [-0.1, -0.05) is 6.92 Å². The maximum absolute atomic E-state index is 5.16. The molecular formula is C12H14BrNOS. The summed E-state index contributed by atoms with van der Waals surface area (Å²) in [6.45, 7) is 3.18. The van der Waals surface area contributed by atoms with Crippen molar-refractivity contribution in [3.05, 3.63) is 45.0 Å². The van der Waals surface area contributed by atoms with Crippen LogP contribution in [0.25, 0.3) is 0 Å². The first-order valence-corrected chi connectivity index (χ1v) is 6.98. The SMILES string of the molecule is CCCNC(c1ccoc1)c1cc(Br)cs1. The largest absolute Gasteiger partial charge is 0.472 e. The Morgan fingerprint density at radius 1 is 1.56 bits per heavy atom. The predicted molar refractivity (Wildman–Crippen MR) is 70.9 cm³/mol. The molecule has 0 saturated heterocycles. The number of thiophene rings is 1. The fraction of sp³-hybridized carbons (Fsp3) is 0.333. The number of hydrogen-bond acceptors (Lipinski definition) is 3. The van der Waals surface area contributed by atoms with Gasteiger partial charge >= 0.3 is 0 Å². The molecule has 1 unspecified atom stereocenters. The lowest BCUT2D eigenvalue weighted by molar-refractivity contribution is 0.550. The van der Waals surface area contributed by atoms with Gasteiger partial charge in [-0.05, 0) is 41.0 Å². The molecule has 16 heavy (non-hydrogen) atoms. The molecule has 2 heterocycles. The molecule has 0 aromatic carbocycles. The molecule has 0 fully saturated rings. The highest BCUT2D eigenvalue weighted by atomic mass is 79.9. The van der Waals surface area contributed by atoms with Gasteiger partial charge < -0.3 is 9.73 Å². The number of hydrogen-bond donors (Lipinski definition) is 1. The summed E-state index contributed by atoms with van der Waals surface area (Å²) in [7, 11) is 0. The molecule has 0 aliphatic heterocycles. The molecule has 4 heteroatoms. The summed E-state index contributed by atoms with van der Waals surface area (Å²) >= 11 is 5.25. The lowest BCUT2D eigenvalue weighted by Crippen LogP contribution is -2.21. The second kappa shape index (κ2) is 5.66. The van der Waals surface area contributed by atoms with E-state index in [0.29, 0.717) is 0 Å². The van der Waals surface area contributed by atoms with Gasteiger partial charge in [-0.3, -0.25) is 0 Å². The third kappa shape index (κ3) is 2.75. The zero-order chi connectivity index (χ0) is 11.4. The van der Waals surface area contributed by atoms with Crippen molar-refractivity contribution >= 4 is 27.3 Å². The normalized spacial score (nSPS) is 12.9. The molecule has 0 bridgehead atoms. The van der Waals surface area contributed by atoms with Crippen molar-refractivity contribution in [2.75, 3.05) is 6.54 Å². The Bertz CT molecular complexity index is 424. The van der Waals surface area contributed by atoms with Gasteiger partial charge in [0.2, 0.25) is 0 Å². The third-order valence-electron chi connectivity index (χ3n) is 2.35. The van der Waals surface area contributed by atoms with E-state index in [9.17, 15) is 0 Å². The molecule has 0 spiro atoms. The van der Waals surface area contributed by atoms with E-state index >= 15 is 0 Å². The Labute approximate surface area is 108 Å². The summed E-state index contributed by atoms with van der Waals surface area (Å²) < 4.78 is 6.29. The summed E-state index contributed by atoms with van der Waals surface area (Å²) in [4.78, 5) is 1.31. The van der Waals surface area contributed by atoms with Crippen LogP contribution in [-0.4, -0.2) is 6.54 Å². The van der Waals surface area contributed by atoms with Gasteiger partial charge in [0.15, 0.2) is 0 Å². The molecule has 0 aliphatic carbocycles. The van der Waals surface area contributed by atoms with Crippen molar-refractivity contribution in [2.45, 2.75) is 19.4 Å². The van der Waals surface area contributed by atoms with Gasteiger partial charge in [0.25, 0.3) is 0 Å². The Hall–Kier alpha value is -0.580. The first-order valence-electron chi connectivity index (χ1n) is 5.30. The van der Waals surface area contributed by atoms with E-state index in [1.54, 1.807) is 23.9 Å². The minimum Gasteiger partial charge on any atom is -0.472 e. The summed E-state index contributed by atoms with van der Waals surface area (Å²) in [5, 5.41) is 5.64. The van der Waals surface area contributed by atoms with Crippen LogP contribution < -0.4 is 5.32 Å². The van der Waals surface area contributed by atoms with Crippen molar-refractivity contribution in [3.63, 3.8) is 0 Å². The monoisotopic (exact) mass is 299 g/mol. The second-order valence-corrected chi connectivity index (χ2v) is 5.47. The first-order chi connectivity index (χ1) is 7.81. The van der Waals surface area contributed by atoms with Crippen LogP contribution in [0.1, 0.15) is 29.8 Å². The number of rotatable bonds is 5. The summed E-state index contributed by atoms with van der Waals surface area (Å²) in [6, 6.07) is 4.42. The molecule has 86 valence electrons. The van der Waals surface area contributed by atoms with Crippen LogP contribution in [-0.2, 0) is 0 Å². The van der Waals surface area contributed by atoms with Crippen LogP contribution in [0.5, 0.6) is 0 Å². The Morgan fingerprint density at radius 3 is 3.00 bits per heavy atom. The zero-order valence-electron chi connectivity index (χ0n) is 9.07. The molecule has 0 amide bonds. The van der Waals surface area contributed by atoms with Crippen LogP contribution in [0.3, 0.4) is 0 Å². The topological polar surface area (TPSA) is 25.2 Å². The van der Waals surface area contributed by atoms with E-state index in [0.717, 1.165) is 17.4 Å². The van der Waals surface area contributed by atoms with E-state index in [1.807, 2.05) is 6.07 Å². The summed E-state index contributed by atoms with van der Waals surface area (Å²) in [5.74, 6) is 0. The van der Waals surface area contributed by atoms with Crippen molar-refractivity contribution in [2.24, 2.45) is 0 Å². The van der Waals surface area contributed by atoms with Gasteiger partial charge in [-0.25, -0.2) is 0 Å². The molecule has 2 rings (SSSR count). The number of halogens is 1. The van der Waals surface area contributed by atoms with Crippen LogP contribution in [0, 0.1) is 0 Å². The van der Waals surface area contributed by atoms with Gasteiger partial charge in [0.05, 0.1) is 18.6 Å². The molecule has 2 aromatic heterocycles. The van der Waals surface area contributed by atoms with Crippen LogP contribution in [0.4, 0.5) is 0 Å². The Balaban J connectivity index is 2.21. The zero-order valence-corrected chi connectivity index (χ0v) is 11.5. The van der Waals surface area contributed by atoms with E-state index in [-0.39, 0.29) is 6.04 Å². The second-order valence-electron chi connectivity index (χ2n) is 3.61. The summed E-state index contributed by atoms with van der Waals surface area (Å²) in [5.41, 5.74) is 1.18. The van der Waals surface area contributed by atoms with Crippen molar-refractivity contribution < 1.29 is 4.42 Å². The minimum absolute atomic E-state index is 0.245. The molecular weight excluding hydrogens is 286 g/mol. The average molecular weight is 300 g/mol. The highest BCUT2D eigenvalue weighted by molar-refractivity contribution is 9.10. The van der Waals surface area contributed by atoms with Crippen LogP contribution in [0.15, 0.2) is 38.9 Å². The first kappa shape index (κ1) is 11.9. The van der Waals surface area contributed by atoms with E-state index in [2.05, 4.69) is 39.6 Å². The van der Waals surface area contributed by atoms with E-state index in [4.69, 9.17) is 4.42 Å². The van der Waals surface area contributed by atoms with Crippen molar-refractivity contribution in [1.29, 1.82) is 0 Å². The maximum atomic E-state index is 5.16.